The molecule has 2 unspecified atom stereocenters. The Morgan fingerprint density at radius 3 is 2.40 bits per heavy atom. The molecule has 2 atom stereocenters. The molecule has 1 aromatic carbocycles. The quantitative estimate of drug-likeness (QED) is 0.178. The molecule has 0 aliphatic rings. The molecule has 30 heavy (non-hydrogen) atoms. The lowest BCUT2D eigenvalue weighted by molar-refractivity contribution is -0.152. The van der Waals surface area contributed by atoms with Crippen molar-refractivity contribution in [1.82, 2.24) is 0 Å². The fourth-order valence-corrected chi connectivity index (χ4v) is 2.89. The fourth-order valence-electron chi connectivity index (χ4n) is 2.52. The summed E-state index contributed by atoms with van der Waals surface area (Å²) in [6, 6.07) is 6.91. The van der Waals surface area contributed by atoms with Crippen molar-refractivity contribution >= 4 is 29.4 Å². The first-order valence-corrected chi connectivity index (χ1v) is 10.8. The summed E-state index contributed by atoms with van der Waals surface area (Å²) < 4.78 is 16.0. The summed E-state index contributed by atoms with van der Waals surface area (Å²) in [5.41, 5.74) is 0.910. The molecule has 1 N–H and O–H groups in total. The Morgan fingerprint density at radius 1 is 1.17 bits per heavy atom. The molecule has 1 rings (SSSR count). The Balaban J connectivity index is 2.47. The Kier molecular flexibility index (Phi) is 12.0. The summed E-state index contributed by atoms with van der Waals surface area (Å²) in [4.78, 5) is 24.3. The third kappa shape index (κ3) is 10.5. The van der Waals surface area contributed by atoms with Crippen molar-refractivity contribution in [3.05, 3.63) is 36.4 Å². The zero-order valence-electron chi connectivity index (χ0n) is 18.4. The third-order valence-corrected chi connectivity index (χ3v) is 4.51. The first-order valence-electron chi connectivity index (χ1n) is 10.4. The zero-order valence-corrected chi connectivity index (χ0v) is 19.2. The molecule has 1 aromatic rings. The maximum Gasteiger partial charge on any atom is 0.412 e. The van der Waals surface area contributed by atoms with E-state index in [4.69, 9.17) is 25.8 Å². The van der Waals surface area contributed by atoms with Gasteiger partial charge >= 0.3 is 12.1 Å². The highest BCUT2D eigenvalue weighted by atomic mass is 35.5. The van der Waals surface area contributed by atoms with Crippen LogP contribution in [-0.2, 0) is 14.3 Å². The molecule has 0 aromatic heterocycles. The number of alkyl halides is 1. The first kappa shape index (κ1) is 25.8. The van der Waals surface area contributed by atoms with Crippen LogP contribution in [0.4, 0.5) is 10.5 Å². The number of nitrogens with one attached hydrogen (secondary N) is 1. The van der Waals surface area contributed by atoms with Gasteiger partial charge in [-0.25, -0.2) is 9.59 Å². The van der Waals surface area contributed by atoms with Crippen molar-refractivity contribution in [2.45, 2.75) is 64.9 Å². The van der Waals surface area contributed by atoms with Gasteiger partial charge in [-0.05, 0) is 61.9 Å². The van der Waals surface area contributed by atoms with E-state index < -0.39 is 18.2 Å². The van der Waals surface area contributed by atoms with Gasteiger partial charge in [0.05, 0.1) is 13.2 Å². The van der Waals surface area contributed by atoms with E-state index in [-0.39, 0.29) is 17.9 Å². The summed E-state index contributed by atoms with van der Waals surface area (Å²) in [5.74, 6) is 0.253. The number of benzene rings is 1. The number of halogens is 1. The fraction of sp³-hybridized carbons (Fsp3) is 0.565. The lowest BCUT2D eigenvalue weighted by atomic mass is 10.1. The standard InChI is InChI=1S/C23H34ClNO5/c1-6-8-18(24)9-7-14-28-20-12-10-19(11-13-20)25-23(27)30-21(17(4)5)22(26)29-15-16(2)3/h10-13,16,18,21H,4,6-9,14-15H2,1-3,5H3,(H,25,27). The minimum Gasteiger partial charge on any atom is -0.494 e. The number of amides is 1. The Hall–Kier alpha value is -2.21. The highest BCUT2D eigenvalue weighted by molar-refractivity contribution is 6.20. The third-order valence-electron chi connectivity index (χ3n) is 4.08. The Bertz CT molecular complexity index is 675. The molecular formula is C23H34ClNO5. The van der Waals surface area contributed by atoms with Crippen LogP contribution in [-0.4, -0.2) is 36.8 Å². The van der Waals surface area contributed by atoms with E-state index in [1.807, 2.05) is 13.8 Å². The highest BCUT2D eigenvalue weighted by Crippen LogP contribution is 2.18. The second-order valence-electron chi connectivity index (χ2n) is 7.68. The molecule has 0 radical (unpaired) electrons. The maximum atomic E-state index is 12.2. The summed E-state index contributed by atoms with van der Waals surface area (Å²) in [5, 5.41) is 2.78. The van der Waals surface area contributed by atoms with E-state index >= 15 is 0 Å². The molecule has 0 bridgehead atoms. The van der Waals surface area contributed by atoms with E-state index in [1.54, 1.807) is 31.2 Å². The first-order chi connectivity index (χ1) is 14.2. The summed E-state index contributed by atoms with van der Waals surface area (Å²) in [6.45, 7) is 12.1. The monoisotopic (exact) mass is 439 g/mol. The van der Waals surface area contributed by atoms with Gasteiger partial charge in [0.1, 0.15) is 5.75 Å². The van der Waals surface area contributed by atoms with Crippen LogP contribution in [0.25, 0.3) is 0 Å². The average molecular weight is 440 g/mol. The number of hydrogen-bond donors (Lipinski definition) is 1. The van der Waals surface area contributed by atoms with Crippen molar-refractivity contribution in [1.29, 1.82) is 0 Å². The molecule has 0 saturated carbocycles. The van der Waals surface area contributed by atoms with E-state index in [1.165, 1.54) is 0 Å². The van der Waals surface area contributed by atoms with Crippen molar-refractivity contribution in [3.8, 4) is 5.75 Å². The second-order valence-corrected chi connectivity index (χ2v) is 8.30. The van der Waals surface area contributed by atoms with Crippen LogP contribution in [0.1, 0.15) is 53.4 Å². The van der Waals surface area contributed by atoms with Gasteiger partial charge in [0.15, 0.2) is 0 Å². The van der Waals surface area contributed by atoms with Crippen molar-refractivity contribution in [3.63, 3.8) is 0 Å². The van der Waals surface area contributed by atoms with Gasteiger partial charge in [-0.2, -0.15) is 0 Å². The minimum atomic E-state index is -1.15. The molecule has 168 valence electrons. The summed E-state index contributed by atoms with van der Waals surface area (Å²) in [7, 11) is 0. The molecule has 0 spiro atoms. The van der Waals surface area contributed by atoms with Crippen LogP contribution in [0.15, 0.2) is 36.4 Å². The van der Waals surface area contributed by atoms with Gasteiger partial charge in [-0.1, -0.05) is 33.8 Å². The molecule has 6 nitrogen and oxygen atoms in total. The van der Waals surface area contributed by atoms with Gasteiger partial charge in [0.25, 0.3) is 0 Å². The van der Waals surface area contributed by atoms with Crippen LogP contribution in [0.2, 0.25) is 0 Å². The lowest BCUT2D eigenvalue weighted by Gasteiger charge is -2.18. The maximum absolute atomic E-state index is 12.2. The van der Waals surface area contributed by atoms with Crippen LogP contribution < -0.4 is 10.1 Å². The normalized spacial score (nSPS) is 12.7. The lowest BCUT2D eigenvalue weighted by Crippen LogP contribution is -2.32. The van der Waals surface area contributed by atoms with Gasteiger partial charge in [-0.15, -0.1) is 11.6 Å². The molecule has 0 heterocycles. The number of carbonyl (C=O) groups is 2. The van der Waals surface area contributed by atoms with Gasteiger partial charge < -0.3 is 14.2 Å². The summed E-state index contributed by atoms with van der Waals surface area (Å²) in [6.07, 6.45) is 1.99. The summed E-state index contributed by atoms with van der Waals surface area (Å²) >= 11 is 6.20. The predicted octanol–water partition coefficient (Wildman–Crippen LogP) is 5.95. The van der Waals surface area contributed by atoms with E-state index in [2.05, 4.69) is 18.8 Å². The molecule has 0 aliphatic heterocycles. The van der Waals surface area contributed by atoms with Gasteiger partial charge in [-0.3, -0.25) is 5.32 Å². The number of hydrogen-bond acceptors (Lipinski definition) is 5. The van der Waals surface area contributed by atoms with Crippen molar-refractivity contribution < 1.29 is 23.8 Å². The minimum absolute atomic E-state index is 0.182. The topological polar surface area (TPSA) is 73.9 Å². The van der Waals surface area contributed by atoms with Gasteiger partial charge in [0.2, 0.25) is 6.10 Å². The van der Waals surface area contributed by atoms with Crippen LogP contribution in [0.3, 0.4) is 0 Å². The molecular weight excluding hydrogens is 406 g/mol. The highest BCUT2D eigenvalue weighted by Gasteiger charge is 2.25. The Labute approximate surface area is 184 Å². The number of anilines is 1. The molecule has 0 fully saturated rings. The van der Waals surface area contributed by atoms with E-state index in [0.717, 1.165) is 25.7 Å². The second kappa shape index (κ2) is 13.9. The van der Waals surface area contributed by atoms with Gasteiger partial charge in [0, 0.05) is 11.1 Å². The smallest absolute Gasteiger partial charge is 0.412 e. The number of carbonyl (C=O) groups excluding carboxylic acids is 2. The van der Waals surface area contributed by atoms with Crippen LogP contribution in [0.5, 0.6) is 5.75 Å². The molecule has 7 heteroatoms. The Morgan fingerprint density at radius 2 is 1.83 bits per heavy atom. The molecule has 1 amide bonds. The van der Waals surface area contributed by atoms with Crippen LogP contribution in [0, 0.1) is 5.92 Å². The number of esters is 1. The molecule has 0 aliphatic carbocycles. The predicted molar refractivity (Wildman–Crippen MR) is 120 cm³/mol. The van der Waals surface area contributed by atoms with Crippen molar-refractivity contribution in [2.24, 2.45) is 5.92 Å². The van der Waals surface area contributed by atoms with Crippen molar-refractivity contribution in [2.75, 3.05) is 18.5 Å². The molecule has 0 saturated heterocycles. The SMILES string of the molecule is C=C(C)C(OC(=O)Nc1ccc(OCCCC(Cl)CCC)cc1)C(=O)OCC(C)C. The average Bonchev–Trinajstić information content (AvgIpc) is 2.68. The van der Waals surface area contributed by atoms with Crippen LogP contribution >= 0.6 is 11.6 Å². The largest absolute Gasteiger partial charge is 0.494 e. The van der Waals surface area contributed by atoms with E-state index in [9.17, 15) is 9.59 Å². The zero-order chi connectivity index (χ0) is 22.5. The number of rotatable bonds is 13. The number of ether oxygens (including phenoxy) is 3. The van der Waals surface area contributed by atoms with E-state index in [0.29, 0.717) is 23.6 Å².